The number of aromatic nitrogens is 1. The lowest BCUT2D eigenvalue weighted by Gasteiger charge is -2.08. The van der Waals surface area contributed by atoms with E-state index < -0.39 is 0 Å². The van der Waals surface area contributed by atoms with Crippen molar-refractivity contribution in [3.05, 3.63) is 45.4 Å². The molecule has 0 saturated carbocycles. The van der Waals surface area contributed by atoms with Crippen LogP contribution < -0.4 is 10.5 Å². The van der Waals surface area contributed by atoms with Gasteiger partial charge in [-0.3, -0.25) is 0 Å². The van der Waals surface area contributed by atoms with E-state index in [1.807, 2.05) is 6.07 Å². The van der Waals surface area contributed by atoms with Crippen molar-refractivity contribution < 1.29 is 4.74 Å². The first-order chi connectivity index (χ1) is 9.26. The van der Waals surface area contributed by atoms with Gasteiger partial charge in [0, 0.05) is 11.4 Å². The maximum Gasteiger partial charge on any atom is 0.131 e. The smallest absolute Gasteiger partial charge is 0.131 e. The second kappa shape index (κ2) is 5.31. The average molecular weight is 274 g/mol. The number of hydrogen-bond acceptors (Lipinski definition) is 4. The molecule has 1 aliphatic rings. The van der Waals surface area contributed by atoms with Gasteiger partial charge in [0.2, 0.25) is 0 Å². The molecule has 0 aliphatic heterocycles. The van der Waals surface area contributed by atoms with E-state index in [-0.39, 0.29) is 6.04 Å². The molecule has 2 aromatic rings. The molecular weight excluding hydrogens is 256 g/mol. The van der Waals surface area contributed by atoms with Crippen molar-refractivity contribution in [2.24, 2.45) is 5.73 Å². The predicted molar refractivity (Wildman–Crippen MR) is 77.5 cm³/mol. The highest BCUT2D eigenvalue weighted by Gasteiger charge is 2.19. The van der Waals surface area contributed by atoms with Crippen molar-refractivity contribution in [2.75, 3.05) is 0 Å². The molecule has 0 radical (unpaired) electrons. The van der Waals surface area contributed by atoms with Gasteiger partial charge in [-0.2, -0.15) is 0 Å². The van der Waals surface area contributed by atoms with Crippen LogP contribution >= 0.6 is 11.3 Å². The minimum absolute atomic E-state index is 0.203. The number of hydrogen-bond donors (Lipinski definition) is 1. The summed E-state index contributed by atoms with van der Waals surface area (Å²) < 4.78 is 5.81. The second-order valence-electron chi connectivity index (χ2n) is 4.88. The fraction of sp³-hybridized carbons (Fsp3) is 0.400. The zero-order valence-corrected chi connectivity index (χ0v) is 11.9. The van der Waals surface area contributed by atoms with Crippen molar-refractivity contribution in [1.82, 2.24) is 4.98 Å². The minimum Gasteiger partial charge on any atom is -0.487 e. The standard InChI is InChI=1S/C15H18N2OS/c1-2-15-17-11(9-19-15)8-18-12-4-5-13-10(7-12)3-6-14(13)16/h4-5,7,9,14H,2-3,6,8,16H2,1H3. The molecular formula is C15H18N2OS. The molecule has 4 heteroatoms. The summed E-state index contributed by atoms with van der Waals surface area (Å²) in [7, 11) is 0. The van der Waals surface area contributed by atoms with Crippen LogP contribution in [-0.2, 0) is 19.4 Å². The van der Waals surface area contributed by atoms with Gasteiger partial charge >= 0.3 is 0 Å². The number of ether oxygens (including phenoxy) is 1. The topological polar surface area (TPSA) is 48.1 Å². The number of aryl methyl sites for hydroxylation is 2. The Kier molecular flexibility index (Phi) is 3.53. The maximum atomic E-state index is 6.03. The molecule has 1 aromatic carbocycles. The zero-order valence-electron chi connectivity index (χ0n) is 11.1. The monoisotopic (exact) mass is 274 g/mol. The number of fused-ring (bicyclic) bond motifs is 1. The van der Waals surface area contributed by atoms with Crippen LogP contribution in [0.4, 0.5) is 0 Å². The number of nitrogens with zero attached hydrogens (tertiary/aromatic N) is 1. The molecule has 3 nitrogen and oxygen atoms in total. The Bertz CT molecular complexity index is 579. The molecule has 100 valence electrons. The van der Waals surface area contributed by atoms with Gasteiger partial charge in [-0.05, 0) is 42.5 Å². The van der Waals surface area contributed by atoms with E-state index in [2.05, 4.69) is 29.4 Å². The zero-order chi connectivity index (χ0) is 13.2. The van der Waals surface area contributed by atoms with Crippen molar-refractivity contribution in [3.63, 3.8) is 0 Å². The molecule has 19 heavy (non-hydrogen) atoms. The van der Waals surface area contributed by atoms with Gasteiger partial charge in [0.25, 0.3) is 0 Å². The van der Waals surface area contributed by atoms with E-state index in [0.717, 1.165) is 30.7 Å². The second-order valence-corrected chi connectivity index (χ2v) is 5.82. The van der Waals surface area contributed by atoms with E-state index in [9.17, 15) is 0 Å². The first kappa shape index (κ1) is 12.6. The summed E-state index contributed by atoms with van der Waals surface area (Å²) in [6.45, 7) is 2.66. The van der Waals surface area contributed by atoms with Crippen LogP contribution in [-0.4, -0.2) is 4.98 Å². The Labute approximate surface area is 117 Å². The molecule has 0 amide bonds. The Morgan fingerprint density at radius 3 is 3.16 bits per heavy atom. The van der Waals surface area contributed by atoms with Crippen LogP contribution in [0.15, 0.2) is 23.6 Å². The largest absolute Gasteiger partial charge is 0.487 e. The molecule has 1 heterocycles. The van der Waals surface area contributed by atoms with Gasteiger partial charge in [-0.15, -0.1) is 11.3 Å². The third kappa shape index (κ3) is 2.65. The van der Waals surface area contributed by atoms with E-state index >= 15 is 0 Å². The summed E-state index contributed by atoms with van der Waals surface area (Å²) in [4.78, 5) is 4.50. The van der Waals surface area contributed by atoms with Gasteiger partial charge in [-0.1, -0.05) is 13.0 Å². The summed E-state index contributed by atoms with van der Waals surface area (Å²) in [5.41, 5.74) is 9.65. The SMILES string of the molecule is CCc1nc(COc2ccc3c(c2)CCC3N)cs1. The van der Waals surface area contributed by atoms with Crippen LogP contribution in [0.2, 0.25) is 0 Å². The quantitative estimate of drug-likeness (QED) is 0.931. The van der Waals surface area contributed by atoms with Crippen LogP contribution in [0.1, 0.15) is 41.2 Å². The number of benzene rings is 1. The lowest BCUT2D eigenvalue weighted by atomic mass is 10.1. The molecule has 1 atom stereocenters. The normalized spacial score (nSPS) is 17.5. The number of rotatable bonds is 4. The molecule has 0 fully saturated rings. The molecule has 0 spiro atoms. The van der Waals surface area contributed by atoms with Crippen LogP contribution in [0.25, 0.3) is 0 Å². The summed E-state index contributed by atoms with van der Waals surface area (Å²) in [6.07, 6.45) is 3.09. The predicted octanol–water partition coefficient (Wildman–Crippen LogP) is 3.23. The summed E-state index contributed by atoms with van der Waals surface area (Å²) >= 11 is 1.70. The lowest BCUT2D eigenvalue weighted by molar-refractivity contribution is 0.301. The molecule has 1 unspecified atom stereocenters. The third-order valence-corrected chi connectivity index (χ3v) is 4.57. The van der Waals surface area contributed by atoms with E-state index in [0.29, 0.717) is 6.61 Å². The van der Waals surface area contributed by atoms with E-state index in [1.54, 1.807) is 11.3 Å². The van der Waals surface area contributed by atoms with Crippen molar-refractivity contribution in [1.29, 1.82) is 0 Å². The molecule has 0 bridgehead atoms. The van der Waals surface area contributed by atoms with Gasteiger partial charge in [0.1, 0.15) is 12.4 Å². The van der Waals surface area contributed by atoms with Crippen LogP contribution in [0, 0.1) is 0 Å². The van der Waals surface area contributed by atoms with Crippen molar-refractivity contribution >= 4 is 11.3 Å². The average Bonchev–Trinajstić information content (AvgIpc) is 3.03. The number of nitrogens with two attached hydrogens (primary N) is 1. The van der Waals surface area contributed by atoms with Crippen LogP contribution in [0.5, 0.6) is 5.75 Å². The van der Waals surface area contributed by atoms with Gasteiger partial charge < -0.3 is 10.5 Å². The molecule has 2 N–H and O–H groups in total. The van der Waals surface area contributed by atoms with E-state index in [1.165, 1.54) is 16.1 Å². The van der Waals surface area contributed by atoms with Gasteiger partial charge in [0.05, 0.1) is 10.7 Å². The Morgan fingerprint density at radius 1 is 1.47 bits per heavy atom. The fourth-order valence-corrected chi connectivity index (χ4v) is 3.18. The first-order valence-electron chi connectivity index (χ1n) is 6.70. The Balaban J connectivity index is 1.67. The first-order valence-corrected chi connectivity index (χ1v) is 7.58. The molecule has 1 aliphatic carbocycles. The van der Waals surface area contributed by atoms with Crippen molar-refractivity contribution in [3.8, 4) is 5.75 Å². The minimum atomic E-state index is 0.203. The van der Waals surface area contributed by atoms with E-state index in [4.69, 9.17) is 10.5 Å². The van der Waals surface area contributed by atoms with Crippen LogP contribution in [0.3, 0.4) is 0 Å². The molecule has 3 rings (SSSR count). The highest BCUT2D eigenvalue weighted by Crippen LogP contribution is 2.32. The van der Waals surface area contributed by atoms with Gasteiger partial charge in [-0.25, -0.2) is 4.98 Å². The molecule has 1 aromatic heterocycles. The summed E-state index contributed by atoms with van der Waals surface area (Å²) in [5.74, 6) is 0.916. The van der Waals surface area contributed by atoms with Crippen molar-refractivity contribution in [2.45, 2.75) is 38.8 Å². The lowest BCUT2D eigenvalue weighted by Crippen LogP contribution is -2.05. The number of thiazole rings is 1. The third-order valence-electron chi connectivity index (χ3n) is 3.53. The Morgan fingerprint density at radius 2 is 2.37 bits per heavy atom. The van der Waals surface area contributed by atoms with Gasteiger partial charge in [0.15, 0.2) is 0 Å². The summed E-state index contributed by atoms with van der Waals surface area (Å²) in [5, 5.41) is 3.24. The molecule has 0 saturated heterocycles. The fourth-order valence-electron chi connectivity index (χ4n) is 2.45. The highest BCUT2D eigenvalue weighted by molar-refractivity contribution is 7.09. The highest BCUT2D eigenvalue weighted by atomic mass is 32.1. The summed E-state index contributed by atoms with van der Waals surface area (Å²) in [6, 6.07) is 6.43. The Hall–Kier alpha value is -1.39. The maximum absolute atomic E-state index is 6.03.